The van der Waals surface area contributed by atoms with Gasteiger partial charge in [-0.15, -0.1) is 0 Å². The summed E-state index contributed by atoms with van der Waals surface area (Å²) in [6, 6.07) is 0. The van der Waals surface area contributed by atoms with E-state index in [-0.39, 0.29) is 6.61 Å². The zero-order valence-corrected chi connectivity index (χ0v) is 15.4. The zero-order valence-electron chi connectivity index (χ0n) is 15.4. The molecule has 0 bridgehead atoms. The van der Waals surface area contributed by atoms with Crippen molar-refractivity contribution in [1.29, 1.82) is 0 Å². The molecular weight excluding hydrogens is 352 g/mol. The molecule has 0 spiro atoms. The second-order valence-electron chi connectivity index (χ2n) is 5.18. The molecule has 148 valence electrons. The minimum atomic E-state index is -1.39. The summed E-state index contributed by atoms with van der Waals surface area (Å²) in [6.07, 6.45) is -4.44. The van der Waals surface area contributed by atoms with Gasteiger partial charge in [-0.05, 0) is 6.92 Å². The van der Waals surface area contributed by atoms with Crippen LogP contribution < -0.4 is 0 Å². The van der Waals surface area contributed by atoms with Gasteiger partial charge in [0.05, 0.1) is 13.0 Å². The minimum absolute atomic E-state index is 0.0880. The molecule has 0 unspecified atom stereocenters. The third kappa shape index (κ3) is 10.3. The zero-order chi connectivity index (χ0) is 20.3. The quantitative estimate of drug-likeness (QED) is 0.387. The van der Waals surface area contributed by atoms with Gasteiger partial charge >= 0.3 is 29.8 Å². The van der Waals surface area contributed by atoms with Crippen molar-refractivity contribution in [2.75, 3.05) is 13.2 Å². The lowest BCUT2D eigenvalue weighted by Gasteiger charge is -2.31. The fraction of sp³-hybridized carbons (Fsp3) is 0.688. The molecule has 0 aromatic carbocycles. The van der Waals surface area contributed by atoms with Crippen LogP contribution in [0.3, 0.4) is 0 Å². The Morgan fingerprint density at radius 3 is 1.62 bits per heavy atom. The van der Waals surface area contributed by atoms with Crippen molar-refractivity contribution in [2.24, 2.45) is 0 Å². The first-order valence-electron chi connectivity index (χ1n) is 7.87. The first-order chi connectivity index (χ1) is 12.1. The Morgan fingerprint density at radius 2 is 1.19 bits per heavy atom. The van der Waals surface area contributed by atoms with Gasteiger partial charge in [-0.3, -0.25) is 24.0 Å². The van der Waals surface area contributed by atoms with E-state index in [9.17, 15) is 24.0 Å². The van der Waals surface area contributed by atoms with E-state index in [0.717, 1.165) is 27.7 Å². The molecule has 3 atom stereocenters. The molecule has 0 aromatic heterocycles. The van der Waals surface area contributed by atoms with Crippen LogP contribution in [0.4, 0.5) is 0 Å². The van der Waals surface area contributed by atoms with E-state index >= 15 is 0 Å². The van der Waals surface area contributed by atoms with E-state index in [2.05, 4.69) is 0 Å². The van der Waals surface area contributed by atoms with Crippen molar-refractivity contribution in [1.82, 2.24) is 0 Å². The molecule has 10 nitrogen and oxygen atoms in total. The Morgan fingerprint density at radius 1 is 0.692 bits per heavy atom. The number of rotatable bonds is 10. The number of hydrogen-bond acceptors (Lipinski definition) is 10. The van der Waals surface area contributed by atoms with Crippen molar-refractivity contribution in [3.63, 3.8) is 0 Å². The van der Waals surface area contributed by atoms with Crippen molar-refractivity contribution in [2.45, 2.75) is 59.4 Å². The van der Waals surface area contributed by atoms with Gasteiger partial charge in [0.2, 0.25) is 0 Å². The smallest absolute Gasteiger partial charge is 0.309 e. The number of carbonyl (C=O) groups excluding carboxylic acids is 5. The summed E-state index contributed by atoms with van der Waals surface area (Å²) in [5.74, 6) is -3.68. The van der Waals surface area contributed by atoms with Crippen LogP contribution >= 0.6 is 0 Å². The summed E-state index contributed by atoms with van der Waals surface area (Å²) in [5.41, 5.74) is 0. The molecule has 0 saturated carbocycles. The molecular formula is C16H24O10. The highest BCUT2D eigenvalue weighted by atomic mass is 16.6. The van der Waals surface area contributed by atoms with Crippen LogP contribution in [-0.4, -0.2) is 61.4 Å². The lowest BCUT2D eigenvalue weighted by molar-refractivity contribution is -0.191. The van der Waals surface area contributed by atoms with E-state index < -0.39 is 61.2 Å². The Kier molecular flexibility index (Phi) is 10.6. The summed E-state index contributed by atoms with van der Waals surface area (Å²) in [5, 5.41) is 0. The number of ether oxygens (including phenoxy) is 5. The molecule has 0 saturated heterocycles. The van der Waals surface area contributed by atoms with Crippen molar-refractivity contribution in [3.8, 4) is 0 Å². The molecule has 0 heterocycles. The molecule has 0 fully saturated rings. The van der Waals surface area contributed by atoms with Crippen LogP contribution in [-0.2, 0) is 47.7 Å². The van der Waals surface area contributed by atoms with Gasteiger partial charge in [0.25, 0.3) is 0 Å². The predicted molar refractivity (Wildman–Crippen MR) is 84.5 cm³/mol. The summed E-state index contributed by atoms with van der Waals surface area (Å²) in [4.78, 5) is 57.0. The van der Waals surface area contributed by atoms with Crippen LogP contribution in [0.5, 0.6) is 0 Å². The van der Waals surface area contributed by atoms with Crippen LogP contribution in [0.15, 0.2) is 0 Å². The molecule has 10 heteroatoms. The van der Waals surface area contributed by atoms with E-state index in [4.69, 9.17) is 23.7 Å². The molecule has 0 aliphatic rings. The highest BCUT2D eigenvalue weighted by molar-refractivity contribution is 5.72. The van der Waals surface area contributed by atoms with Crippen LogP contribution in [0.2, 0.25) is 0 Å². The van der Waals surface area contributed by atoms with Gasteiger partial charge in [-0.25, -0.2) is 0 Å². The lowest BCUT2D eigenvalue weighted by Crippen LogP contribution is -2.48. The maximum absolute atomic E-state index is 11.8. The van der Waals surface area contributed by atoms with Crippen LogP contribution in [0.1, 0.15) is 41.0 Å². The maximum Gasteiger partial charge on any atom is 0.309 e. The second-order valence-corrected chi connectivity index (χ2v) is 5.18. The Labute approximate surface area is 151 Å². The summed E-state index contributed by atoms with van der Waals surface area (Å²) >= 11 is 0. The van der Waals surface area contributed by atoms with Gasteiger partial charge < -0.3 is 23.7 Å². The predicted octanol–water partition coefficient (Wildman–Crippen LogP) is 0.298. The van der Waals surface area contributed by atoms with Crippen molar-refractivity contribution < 1.29 is 47.7 Å². The summed E-state index contributed by atoms with van der Waals surface area (Å²) in [6.45, 7) is 5.61. The van der Waals surface area contributed by atoms with E-state index in [1.54, 1.807) is 6.92 Å². The molecule has 0 aliphatic heterocycles. The van der Waals surface area contributed by atoms with Crippen LogP contribution in [0, 0.1) is 0 Å². The van der Waals surface area contributed by atoms with Gasteiger partial charge in [0.1, 0.15) is 6.61 Å². The summed E-state index contributed by atoms with van der Waals surface area (Å²) < 4.78 is 24.8. The molecule has 0 aliphatic carbocycles. The average Bonchev–Trinajstić information content (AvgIpc) is 2.47. The monoisotopic (exact) mass is 376 g/mol. The first-order valence-corrected chi connectivity index (χ1v) is 7.87. The van der Waals surface area contributed by atoms with Crippen LogP contribution in [0.25, 0.3) is 0 Å². The third-order valence-electron chi connectivity index (χ3n) is 2.79. The fourth-order valence-electron chi connectivity index (χ4n) is 2.01. The number of esters is 5. The van der Waals surface area contributed by atoms with Gasteiger partial charge in [0.15, 0.2) is 18.3 Å². The molecule has 0 aromatic rings. The fourth-order valence-corrected chi connectivity index (χ4v) is 2.01. The largest absolute Gasteiger partial charge is 0.466 e. The molecule has 26 heavy (non-hydrogen) atoms. The number of hydrogen-bond donors (Lipinski definition) is 0. The highest BCUT2D eigenvalue weighted by Crippen LogP contribution is 2.18. The second kappa shape index (κ2) is 11.8. The lowest BCUT2D eigenvalue weighted by atomic mass is 10.0. The molecule has 0 rings (SSSR count). The van der Waals surface area contributed by atoms with Crippen molar-refractivity contribution >= 4 is 29.8 Å². The van der Waals surface area contributed by atoms with Gasteiger partial charge in [-0.2, -0.15) is 0 Å². The van der Waals surface area contributed by atoms with E-state index in [1.807, 2.05) is 0 Å². The minimum Gasteiger partial charge on any atom is -0.466 e. The Hall–Kier alpha value is -2.65. The standard InChI is InChI=1S/C16H24O10/c1-6-22-15(21)7-13(24-10(3)18)16(26-12(5)20)14(25-11(4)19)8-23-9(2)17/h13-14,16H,6-8H2,1-5H3/t13-,14-,16-/m0/s1. The summed E-state index contributed by atoms with van der Waals surface area (Å²) in [7, 11) is 0. The third-order valence-corrected chi connectivity index (χ3v) is 2.79. The Balaban J connectivity index is 5.65. The Bertz CT molecular complexity index is 527. The van der Waals surface area contributed by atoms with Crippen molar-refractivity contribution in [3.05, 3.63) is 0 Å². The normalized spacial score (nSPS) is 13.6. The topological polar surface area (TPSA) is 132 Å². The average molecular weight is 376 g/mol. The van der Waals surface area contributed by atoms with Gasteiger partial charge in [0, 0.05) is 27.7 Å². The number of carbonyl (C=O) groups is 5. The molecule has 0 amide bonds. The van der Waals surface area contributed by atoms with E-state index in [1.165, 1.54) is 0 Å². The van der Waals surface area contributed by atoms with Gasteiger partial charge in [-0.1, -0.05) is 0 Å². The molecule has 0 radical (unpaired) electrons. The highest BCUT2D eigenvalue weighted by Gasteiger charge is 2.39. The maximum atomic E-state index is 11.8. The SMILES string of the molecule is CCOC(=O)C[C@H](OC(C)=O)[C@H](OC(C)=O)[C@H](COC(C)=O)OC(C)=O. The van der Waals surface area contributed by atoms with E-state index in [0.29, 0.717) is 0 Å². The first kappa shape index (κ1) is 23.4. The molecule has 0 N–H and O–H groups in total.